The van der Waals surface area contributed by atoms with Crippen LogP contribution in [-0.4, -0.2) is 19.9 Å². The molecule has 0 bridgehead atoms. The third-order valence-corrected chi connectivity index (χ3v) is 4.28. The van der Waals surface area contributed by atoms with Crippen LogP contribution in [0, 0.1) is 6.92 Å². The van der Waals surface area contributed by atoms with Gasteiger partial charge in [-0.2, -0.15) is 0 Å². The number of hydrogen-bond acceptors (Lipinski definition) is 3. The van der Waals surface area contributed by atoms with E-state index in [1.54, 1.807) is 0 Å². The van der Waals surface area contributed by atoms with Gasteiger partial charge in [-0.05, 0) is 49.2 Å². The second kappa shape index (κ2) is 6.49. The van der Waals surface area contributed by atoms with Crippen molar-refractivity contribution in [1.29, 1.82) is 0 Å². The summed E-state index contributed by atoms with van der Waals surface area (Å²) in [4.78, 5) is 2.29. The van der Waals surface area contributed by atoms with Crippen molar-refractivity contribution >= 4 is 17.3 Å². The summed E-state index contributed by atoms with van der Waals surface area (Å²) >= 11 is 6.63. The molecular weight excluding hydrogens is 298 g/mol. The molecule has 1 atom stereocenters. The Morgan fingerprint density at radius 1 is 1.14 bits per heavy atom. The van der Waals surface area contributed by atoms with Crippen LogP contribution in [0.2, 0.25) is 0 Å². The maximum atomic E-state index is 6.63. The highest BCUT2D eigenvalue weighted by Gasteiger charge is 2.18. The number of hydrogen-bond donors (Lipinski definition) is 0. The molecular formula is C18H20ClNO2. The van der Waals surface area contributed by atoms with Gasteiger partial charge >= 0.3 is 0 Å². The fourth-order valence-corrected chi connectivity index (χ4v) is 2.95. The molecule has 1 unspecified atom stereocenters. The van der Waals surface area contributed by atoms with Crippen LogP contribution < -0.4 is 14.4 Å². The highest BCUT2D eigenvalue weighted by Crippen LogP contribution is 2.36. The summed E-state index contributed by atoms with van der Waals surface area (Å²) in [6, 6.07) is 14.4. The van der Waals surface area contributed by atoms with Crippen molar-refractivity contribution in [1.82, 2.24) is 0 Å². The number of anilines is 1. The fourth-order valence-electron chi connectivity index (χ4n) is 2.65. The van der Waals surface area contributed by atoms with E-state index in [1.165, 1.54) is 11.3 Å². The fraction of sp³-hybridized carbons (Fsp3) is 0.333. The molecule has 2 aromatic rings. The van der Waals surface area contributed by atoms with E-state index in [-0.39, 0.29) is 12.2 Å². The molecule has 4 heteroatoms. The molecule has 22 heavy (non-hydrogen) atoms. The Balaban J connectivity index is 1.76. The van der Waals surface area contributed by atoms with Gasteiger partial charge in [-0.3, -0.25) is 0 Å². The maximum Gasteiger partial charge on any atom is 0.231 e. The lowest BCUT2D eigenvalue weighted by molar-refractivity contribution is 0.174. The standard InChI is InChI=1S/C18H20ClNO2/c1-3-20(15-6-4-5-13(2)9-15)11-16(19)14-7-8-17-18(10-14)22-12-21-17/h4-10,16H,3,11-12H2,1-2H3. The smallest absolute Gasteiger partial charge is 0.231 e. The average Bonchev–Trinajstić information content (AvgIpc) is 2.99. The number of nitrogens with zero attached hydrogens (tertiary/aromatic N) is 1. The molecule has 0 aliphatic carbocycles. The van der Waals surface area contributed by atoms with Gasteiger partial charge in [0.1, 0.15) is 0 Å². The quantitative estimate of drug-likeness (QED) is 0.756. The molecule has 3 nitrogen and oxygen atoms in total. The number of aryl methyl sites for hydroxylation is 1. The lowest BCUT2D eigenvalue weighted by Gasteiger charge is -2.26. The normalized spacial score (nSPS) is 14.0. The van der Waals surface area contributed by atoms with Gasteiger partial charge in [0.05, 0.1) is 5.38 Å². The molecule has 0 saturated carbocycles. The van der Waals surface area contributed by atoms with Crippen LogP contribution in [0.3, 0.4) is 0 Å². The van der Waals surface area contributed by atoms with Gasteiger partial charge < -0.3 is 14.4 Å². The molecule has 0 N–H and O–H groups in total. The molecule has 0 aromatic heterocycles. The van der Waals surface area contributed by atoms with E-state index in [2.05, 4.69) is 43.0 Å². The number of fused-ring (bicyclic) bond motifs is 1. The molecule has 3 rings (SSSR count). The number of halogens is 1. The van der Waals surface area contributed by atoms with E-state index < -0.39 is 0 Å². The number of rotatable bonds is 5. The summed E-state index contributed by atoms with van der Waals surface area (Å²) in [5, 5.41) is -0.102. The molecule has 0 radical (unpaired) electrons. The van der Waals surface area contributed by atoms with Crippen LogP contribution in [0.25, 0.3) is 0 Å². The lowest BCUT2D eigenvalue weighted by Crippen LogP contribution is -2.26. The highest BCUT2D eigenvalue weighted by molar-refractivity contribution is 6.21. The molecule has 0 fully saturated rings. The van der Waals surface area contributed by atoms with Gasteiger partial charge in [-0.1, -0.05) is 18.2 Å². The minimum Gasteiger partial charge on any atom is -0.454 e. The summed E-state index contributed by atoms with van der Waals surface area (Å²) in [5.74, 6) is 1.57. The second-order valence-corrected chi connectivity index (χ2v) is 5.98. The summed E-state index contributed by atoms with van der Waals surface area (Å²) < 4.78 is 10.8. The van der Waals surface area contributed by atoms with Crippen molar-refractivity contribution in [3.05, 3.63) is 53.6 Å². The van der Waals surface area contributed by atoms with Gasteiger partial charge in [0.15, 0.2) is 11.5 Å². The minimum atomic E-state index is -0.102. The van der Waals surface area contributed by atoms with Crippen molar-refractivity contribution in [3.8, 4) is 11.5 Å². The number of ether oxygens (including phenoxy) is 2. The Kier molecular flexibility index (Phi) is 4.44. The minimum absolute atomic E-state index is 0.102. The van der Waals surface area contributed by atoms with Gasteiger partial charge in [0.2, 0.25) is 6.79 Å². The van der Waals surface area contributed by atoms with Crippen LogP contribution in [0.1, 0.15) is 23.4 Å². The van der Waals surface area contributed by atoms with Gasteiger partial charge in [-0.25, -0.2) is 0 Å². The maximum absolute atomic E-state index is 6.63. The third-order valence-electron chi connectivity index (χ3n) is 3.89. The molecule has 116 valence electrons. The zero-order valence-electron chi connectivity index (χ0n) is 12.9. The van der Waals surface area contributed by atoms with Crippen molar-refractivity contribution in [2.24, 2.45) is 0 Å². The first kappa shape index (κ1) is 15.0. The van der Waals surface area contributed by atoms with E-state index in [1.807, 2.05) is 18.2 Å². The monoisotopic (exact) mass is 317 g/mol. The first-order valence-electron chi connectivity index (χ1n) is 7.52. The number of alkyl halides is 1. The average molecular weight is 318 g/mol. The van der Waals surface area contributed by atoms with Crippen LogP contribution in [0.15, 0.2) is 42.5 Å². The largest absolute Gasteiger partial charge is 0.454 e. The predicted octanol–water partition coefficient (Wildman–Crippen LogP) is 4.53. The molecule has 0 saturated heterocycles. The first-order valence-corrected chi connectivity index (χ1v) is 7.96. The van der Waals surface area contributed by atoms with Crippen molar-refractivity contribution in [2.75, 3.05) is 24.8 Å². The Labute approximate surface area is 136 Å². The molecule has 1 aliphatic heterocycles. The zero-order valence-corrected chi connectivity index (χ0v) is 13.6. The number of likely N-dealkylation sites (N-methyl/N-ethyl adjacent to an activating group) is 1. The number of benzene rings is 2. The van der Waals surface area contributed by atoms with Crippen molar-refractivity contribution in [3.63, 3.8) is 0 Å². The molecule has 1 aliphatic rings. The summed E-state index contributed by atoms with van der Waals surface area (Å²) in [7, 11) is 0. The third kappa shape index (κ3) is 3.14. The summed E-state index contributed by atoms with van der Waals surface area (Å²) in [6.07, 6.45) is 0. The summed E-state index contributed by atoms with van der Waals surface area (Å²) in [6.45, 7) is 6.20. The Morgan fingerprint density at radius 3 is 2.73 bits per heavy atom. The second-order valence-electron chi connectivity index (χ2n) is 5.46. The van der Waals surface area contributed by atoms with Crippen LogP contribution in [-0.2, 0) is 0 Å². The topological polar surface area (TPSA) is 21.7 Å². The van der Waals surface area contributed by atoms with E-state index in [9.17, 15) is 0 Å². The van der Waals surface area contributed by atoms with Crippen LogP contribution >= 0.6 is 11.6 Å². The Morgan fingerprint density at radius 2 is 1.95 bits per heavy atom. The predicted molar refractivity (Wildman–Crippen MR) is 90.2 cm³/mol. The molecule has 0 amide bonds. The highest BCUT2D eigenvalue weighted by atomic mass is 35.5. The molecule has 2 aromatic carbocycles. The molecule has 1 heterocycles. The molecule has 0 spiro atoms. The summed E-state index contributed by atoms with van der Waals surface area (Å²) in [5.41, 5.74) is 3.51. The first-order chi connectivity index (χ1) is 10.7. The van der Waals surface area contributed by atoms with Gasteiger partial charge in [0.25, 0.3) is 0 Å². The van der Waals surface area contributed by atoms with E-state index in [0.717, 1.165) is 30.2 Å². The van der Waals surface area contributed by atoms with Crippen LogP contribution in [0.5, 0.6) is 11.5 Å². The lowest BCUT2D eigenvalue weighted by atomic mass is 10.1. The van der Waals surface area contributed by atoms with E-state index >= 15 is 0 Å². The van der Waals surface area contributed by atoms with Gasteiger partial charge in [0, 0.05) is 18.8 Å². The Bertz CT molecular complexity index is 659. The van der Waals surface area contributed by atoms with E-state index in [4.69, 9.17) is 21.1 Å². The van der Waals surface area contributed by atoms with Crippen molar-refractivity contribution in [2.45, 2.75) is 19.2 Å². The van der Waals surface area contributed by atoms with Gasteiger partial charge in [-0.15, -0.1) is 11.6 Å². The van der Waals surface area contributed by atoms with Crippen LogP contribution in [0.4, 0.5) is 5.69 Å². The van der Waals surface area contributed by atoms with Crippen molar-refractivity contribution < 1.29 is 9.47 Å². The Hall–Kier alpha value is -1.87. The zero-order chi connectivity index (χ0) is 15.5. The SMILES string of the molecule is CCN(CC(Cl)c1ccc2c(c1)OCO2)c1cccc(C)c1. The van der Waals surface area contributed by atoms with E-state index in [0.29, 0.717) is 0 Å².